The minimum Gasteiger partial charge on any atom is -0.112 e. The van der Waals surface area contributed by atoms with Crippen LogP contribution in [-0.4, -0.2) is 0 Å². The Labute approximate surface area is 125 Å². The first-order valence-electron chi connectivity index (χ1n) is 6.98. The second-order valence-electron chi connectivity index (χ2n) is 4.94. The molecule has 2 aliphatic rings. The van der Waals surface area contributed by atoms with Crippen LogP contribution in [0.5, 0.6) is 0 Å². The van der Waals surface area contributed by atoms with Gasteiger partial charge in [0, 0.05) is 21.7 Å². The van der Waals surface area contributed by atoms with Crippen molar-refractivity contribution in [1.29, 1.82) is 0 Å². The van der Waals surface area contributed by atoms with Crippen LogP contribution in [0.25, 0.3) is 16.5 Å². The van der Waals surface area contributed by atoms with E-state index in [0.717, 1.165) is 0 Å². The van der Waals surface area contributed by atoms with Crippen molar-refractivity contribution in [2.24, 2.45) is 0 Å². The second kappa shape index (κ2) is 5.13. The zero-order chi connectivity index (χ0) is 14.1. The highest BCUT2D eigenvalue weighted by Gasteiger charge is 2.16. The van der Waals surface area contributed by atoms with Crippen LogP contribution in [0.15, 0.2) is 90.4 Å². The molecule has 1 aromatic heterocycles. The van der Waals surface area contributed by atoms with Crippen LogP contribution >= 0.6 is 7.53 Å². The predicted octanol–water partition coefficient (Wildman–Crippen LogP) is 5.88. The molecule has 0 saturated carbocycles. The van der Waals surface area contributed by atoms with Gasteiger partial charge in [0.15, 0.2) is 0 Å². The third kappa shape index (κ3) is 2.13. The Kier molecular flexibility index (Phi) is 3.00. The highest BCUT2D eigenvalue weighted by atomic mass is 31.1. The molecule has 1 heteroatoms. The molecule has 0 unspecified atom stereocenters. The molecule has 0 amide bonds. The van der Waals surface area contributed by atoms with Crippen LogP contribution < -0.4 is 0 Å². The third-order valence-corrected chi connectivity index (χ3v) is 6.20. The van der Waals surface area contributed by atoms with Crippen molar-refractivity contribution in [3.05, 3.63) is 101 Å². The Morgan fingerprint density at radius 2 is 1.24 bits per heavy atom. The molecule has 0 nitrogen and oxygen atoms in total. The van der Waals surface area contributed by atoms with Gasteiger partial charge in [0.25, 0.3) is 0 Å². The summed E-state index contributed by atoms with van der Waals surface area (Å²) in [6.45, 7) is 0. The highest BCUT2D eigenvalue weighted by Crippen LogP contribution is 2.53. The van der Waals surface area contributed by atoms with Crippen LogP contribution in [-0.2, 0) is 0 Å². The van der Waals surface area contributed by atoms with Crippen LogP contribution in [0.2, 0.25) is 0 Å². The van der Waals surface area contributed by atoms with Crippen molar-refractivity contribution >= 4 is 18.7 Å². The van der Waals surface area contributed by atoms with Crippen molar-refractivity contribution in [2.75, 3.05) is 0 Å². The van der Waals surface area contributed by atoms with Gasteiger partial charge in [0.1, 0.15) is 0 Å². The van der Waals surface area contributed by atoms with E-state index in [4.69, 9.17) is 0 Å². The Bertz CT molecular complexity index is 833. The Balaban J connectivity index is 1.98. The van der Waals surface area contributed by atoms with Gasteiger partial charge in [-0.2, -0.15) is 0 Å². The summed E-state index contributed by atoms with van der Waals surface area (Å²) in [4.78, 5) is 0. The number of hydrogen-bond donors (Lipinski definition) is 0. The minimum atomic E-state index is -0.508. The molecule has 1 heterocycles. The monoisotopic (exact) mass is 284 g/mol. The second-order valence-corrected chi connectivity index (χ2v) is 7.09. The van der Waals surface area contributed by atoms with E-state index in [2.05, 4.69) is 78.2 Å². The zero-order valence-electron chi connectivity index (χ0n) is 11.5. The van der Waals surface area contributed by atoms with Crippen molar-refractivity contribution in [3.8, 4) is 5.30 Å². The first kappa shape index (κ1) is 12.3. The molecule has 4 rings (SSSR count). The van der Waals surface area contributed by atoms with Crippen LogP contribution in [0.3, 0.4) is 0 Å². The van der Waals surface area contributed by atoms with E-state index in [1.807, 2.05) is 12.2 Å². The van der Waals surface area contributed by atoms with E-state index in [1.54, 1.807) is 0 Å². The summed E-state index contributed by atoms with van der Waals surface area (Å²) in [5.41, 5.74) is 9.12. The summed E-state index contributed by atoms with van der Waals surface area (Å²) in [5.74, 6) is 0. The maximum absolute atomic E-state index is 3.35. The Morgan fingerprint density at radius 3 is 1.71 bits per heavy atom. The average molecular weight is 284 g/mol. The first-order valence-corrected chi connectivity index (χ1v) is 8.32. The third-order valence-electron chi connectivity index (χ3n) is 3.64. The van der Waals surface area contributed by atoms with Gasteiger partial charge in [-0.05, 0) is 41.7 Å². The molecular formula is C20H13P. The molecule has 0 saturated heterocycles. The molecule has 0 atom stereocenters. The lowest BCUT2D eigenvalue weighted by Crippen LogP contribution is -1.76. The predicted molar refractivity (Wildman–Crippen MR) is 91.7 cm³/mol. The largest absolute Gasteiger partial charge is 0.112 e. The molecule has 0 aliphatic heterocycles. The van der Waals surface area contributed by atoms with Crippen LogP contribution in [0.4, 0.5) is 0 Å². The lowest BCUT2D eigenvalue weighted by Gasteiger charge is -2.09. The molecule has 2 aliphatic carbocycles. The van der Waals surface area contributed by atoms with Crippen molar-refractivity contribution in [1.82, 2.24) is 0 Å². The molecule has 0 N–H and O–H groups in total. The van der Waals surface area contributed by atoms with Gasteiger partial charge in [-0.1, -0.05) is 50.0 Å². The van der Waals surface area contributed by atoms with Crippen molar-refractivity contribution < 1.29 is 0 Å². The minimum absolute atomic E-state index is 0.508. The fourth-order valence-electron chi connectivity index (χ4n) is 2.69. The molecule has 21 heavy (non-hydrogen) atoms. The SMILES string of the molecule is C1=CC=CC=1c1ccc(C2=C=CC=C2)p1-c1ccccc1. The molecule has 0 fully saturated rings. The van der Waals surface area contributed by atoms with Gasteiger partial charge in [0.05, 0.1) is 0 Å². The maximum atomic E-state index is 3.35. The summed E-state index contributed by atoms with van der Waals surface area (Å²) >= 11 is 0. The summed E-state index contributed by atoms with van der Waals surface area (Å²) in [7, 11) is -0.508. The highest BCUT2D eigenvalue weighted by molar-refractivity contribution is 7.60. The normalized spacial score (nSPS) is 14.9. The van der Waals surface area contributed by atoms with Gasteiger partial charge >= 0.3 is 0 Å². The molecule has 0 bridgehead atoms. The van der Waals surface area contributed by atoms with Crippen LogP contribution in [0, 0.1) is 0 Å². The summed E-state index contributed by atoms with van der Waals surface area (Å²) < 4.78 is 0. The standard InChI is InChI=1S/C20H13P/c1-2-12-18(13-3-1)21-19(16-8-4-5-9-16)14-15-20(21)17-10-6-7-11-17/h1-8,10,12-15H. The molecule has 1 aromatic carbocycles. The Hall–Kier alpha value is -2.48. The van der Waals surface area contributed by atoms with Crippen molar-refractivity contribution in [3.63, 3.8) is 0 Å². The van der Waals surface area contributed by atoms with Gasteiger partial charge in [-0.15, -0.1) is 11.5 Å². The fraction of sp³-hybridized carbons (Fsp3) is 0. The van der Waals surface area contributed by atoms with Crippen molar-refractivity contribution in [2.45, 2.75) is 0 Å². The van der Waals surface area contributed by atoms with Gasteiger partial charge in [-0.25, -0.2) is 0 Å². The molecule has 98 valence electrons. The van der Waals surface area contributed by atoms with E-state index in [1.165, 1.54) is 27.0 Å². The van der Waals surface area contributed by atoms with Gasteiger partial charge in [-0.3, -0.25) is 0 Å². The van der Waals surface area contributed by atoms with E-state index in [9.17, 15) is 0 Å². The maximum Gasteiger partial charge on any atom is 0.0280 e. The number of hydrogen-bond acceptors (Lipinski definition) is 0. The quantitative estimate of drug-likeness (QED) is 0.617. The van der Waals surface area contributed by atoms with Gasteiger partial charge in [0.2, 0.25) is 0 Å². The smallest absolute Gasteiger partial charge is 0.0280 e. The summed E-state index contributed by atoms with van der Waals surface area (Å²) in [6, 6.07) is 15.3. The first-order chi connectivity index (χ1) is 10.4. The van der Waals surface area contributed by atoms with Gasteiger partial charge < -0.3 is 0 Å². The summed E-state index contributed by atoms with van der Waals surface area (Å²) in [6.07, 6.45) is 12.4. The summed E-state index contributed by atoms with van der Waals surface area (Å²) in [5, 5.41) is 4.14. The molecular weight excluding hydrogens is 271 g/mol. The molecule has 2 aromatic rings. The Morgan fingerprint density at radius 1 is 0.667 bits per heavy atom. The fourth-order valence-corrected chi connectivity index (χ4v) is 5.19. The lowest BCUT2D eigenvalue weighted by molar-refractivity contribution is 1.76. The van der Waals surface area contributed by atoms with E-state index in [0.29, 0.717) is 0 Å². The number of benzene rings is 1. The topological polar surface area (TPSA) is 0 Å². The van der Waals surface area contributed by atoms with Crippen LogP contribution in [0.1, 0.15) is 10.6 Å². The van der Waals surface area contributed by atoms with E-state index >= 15 is 0 Å². The van der Waals surface area contributed by atoms with E-state index in [-0.39, 0.29) is 0 Å². The molecule has 0 radical (unpaired) electrons. The van der Waals surface area contributed by atoms with E-state index < -0.39 is 7.53 Å². The lowest BCUT2D eigenvalue weighted by atomic mass is 10.2. The number of rotatable bonds is 3. The molecule has 0 spiro atoms. The zero-order valence-corrected chi connectivity index (χ0v) is 12.3. The average Bonchev–Trinajstić information content (AvgIpc) is 3.27. The number of allylic oxidation sites excluding steroid dienone is 6.